The molecule has 0 amide bonds. The van der Waals surface area contributed by atoms with Crippen molar-refractivity contribution in [1.82, 2.24) is 0 Å². The standard InChI is InChI=1S/C13H8N2O3/c14-8-11-5-4-10(7-13(11)16)9-2-1-3-12(6-9)15(17)18/h1-7,16H. The molecule has 0 aliphatic heterocycles. The molecule has 0 saturated heterocycles. The maximum Gasteiger partial charge on any atom is 0.270 e. The maximum atomic E-state index is 10.7. The molecule has 0 radical (unpaired) electrons. The Bertz CT molecular complexity index is 660. The molecule has 5 nitrogen and oxygen atoms in total. The van der Waals surface area contributed by atoms with Crippen LogP contribution in [0.15, 0.2) is 42.5 Å². The molecule has 0 saturated carbocycles. The van der Waals surface area contributed by atoms with Gasteiger partial charge in [0.25, 0.3) is 5.69 Å². The summed E-state index contributed by atoms with van der Waals surface area (Å²) in [4.78, 5) is 10.2. The zero-order valence-corrected chi connectivity index (χ0v) is 9.20. The van der Waals surface area contributed by atoms with E-state index in [2.05, 4.69) is 0 Å². The van der Waals surface area contributed by atoms with E-state index in [1.807, 2.05) is 6.07 Å². The summed E-state index contributed by atoms with van der Waals surface area (Å²) in [5, 5.41) is 28.9. The van der Waals surface area contributed by atoms with Crippen LogP contribution in [0.5, 0.6) is 5.75 Å². The second kappa shape index (κ2) is 4.55. The second-order valence-corrected chi connectivity index (χ2v) is 3.65. The molecule has 0 fully saturated rings. The minimum Gasteiger partial charge on any atom is -0.507 e. The Kier molecular flexibility index (Phi) is 2.94. The van der Waals surface area contributed by atoms with Crippen molar-refractivity contribution < 1.29 is 10.0 Å². The van der Waals surface area contributed by atoms with Crippen LogP contribution in [0.4, 0.5) is 5.69 Å². The molecule has 2 aromatic carbocycles. The zero-order valence-electron chi connectivity index (χ0n) is 9.20. The fourth-order valence-electron chi connectivity index (χ4n) is 1.60. The number of nitro benzene ring substituents is 1. The van der Waals surface area contributed by atoms with Crippen molar-refractivity contribution in [3.8, 4) is 22.9 Å². The van der Waals surface area contributed by atoms with Gasteiger partial charge in [0.15, 0.2) is 0 Å². The van der Waals surface area contributed by atoms with Gasteiger partial charge in [0.05, 0.1) is 10.5 Å². The number of aromatic hydroxyl groups is 1. The molecule has 0 aliphatic rings. The fraction of sp³-hybridized carbons (Fsp3) is 0. The molecule has 88 valence electrons. The van der Waals surface area contributed by atoms with Gasteiger partial charge in [0.2, 0.25) is 0 Å². The Morgan fingerprint density at radius 2 is 1.89 bits per heavy atom. The van der Waals surface area contributed by atoms with Crippen molar-refractivity contribution >= 4 is 5.69 Å². The van der Waals surface area contributed by atoms with Crippen LogP contribution in [0.2, 0.25) is 0 Å². The summed E-state index contributed by atoms with van der Waals surface area (Å²) in [6, 6.07) is 12.5. The number of phenolic OH excluding ortho intramolecular Hbond substituents is 1. The van der Waals surface area contributed by atoms with Gasteiger partial charge < -0.3 is 5.11 Å². The Morgan fingerprint density at radius 1 is 1.17 bits per heavy atom. The third kappa shape index (κ3) is 2.13. The number of nitriles is 1. The average Bonchev–Trinajstić information content (AvgIpc) is 2.38. The van der Waals surface area contributed by atoms with E-state index in [0.717, 1.165) is 0 Å². The van der Waals surface area contributed by atoms with Gasteiger partial charge in [0, 0.05) is 12.1 Å². The fourth-order valence-corrected chi connectivity index (χ4v) is 1.60. The highest BCUT2D eigenvalue weighted by Crippen LogP contribution is 2.28. The summed E-state index contributed by atoms with van der Waals surface area (Å²) in [5.74, 6) is -0.137. The van der Waals surface area contributed by atoms with Gasteiger partial charge in [0.1, 0.15) is 11.8 Å². The summed E-state index contributed by atoms with van der Waals surface area (Å²) in [7, 11) is 0. The number of non-ortho nitro benzene ring substituents is 1. The number of benzene rings is 2. The molecule has 0 heterocycles. The predicted octanol–water partition coefficient (Wildman–Crippen LogP) is 2.84. The number of nitro groups is 1. The highest BCUT2D eigenvalue weighted by atomic mass is 16.6. The third-order valence-electron chi connectivity index (χ3n) is 2.51. The van der Waals surface area contributed by atoms with Gasteiger partial charge in [-0.1, -0.05) is 18.2 Å². The number of hydrogen-bond donors (Lipinski definition) is 1. The van der Waals surface area contributed by atoms with Crippen molar-refractivity contribution in [1.29, 1.82) is 5.26 Å². The number of rotatable bonds is 2. The highest BCUT2D eigenvalue weighted by molar-refractivity contribution is 5.69. The first-order chi connectivity index (χ1) is 8.61. The molecule has 0 spiro atoms. The molecule has 0 aliphatic carbocycles. The van der Waals surface area contributed by atoms with Gasteiger partial charge in [-0.2, -0.15) is 5.26 Å². The topological polar surface area (TPSA) is 87.2 Å². The van der Waals surface area contributed by atoms with Gasteiger partial charge in [-0.25, -0.2) is 0 Å². The maximum absolute atomic E-state index is 10.7. The van der Waals surface area contributed by atoms with Crippen LogP contribution in [-0.2, 0) is 0 Å². The Labute approximate surface area is 103 Å². The van der Waals surface area contributed by atoms with E-state index in [-0.39, 0.29) is 17.0 Å². The van der Waals surface area contributed by atoms with Crippen LogP contribution in [0.3, 0.4) is 0 Å². The molecule has 0 aromatic heterocycles. The molecule has 5 heteroatoms. The molecular weight excluding hydrogens is 232 g/mol. The molecule has 2 rings (SSSR count). The summed E-state index contributed by atoms with van der Waals surface area (Å²) in [5.41, 5.74) is 1.39. The van der Waals surface area contributed by atoms with Crippen molar-refractivity contribution in [2.75, 3.05) is 0 Å². The quantitative estimate of drug-likeness (QED) is 0.645. The summed E-state index contributed by atoms with van der Waals surface area (Å²) in [6.07, 6.45) is 0. The molecule has 0 bridgehead atoms. The Morgan fingerprint density at radius 3 is 2.50 bits per heavy atom. The van der Waals surface area contributed by atoms with E-state index >= 15 is 0 Å². The molecule has 2 aromatic rings. The van der Waals surface area contributed by atoms with E-state index in [4.69, 9.17) is 5.26 Å². The lowest BCUT2D eigenvalue weighted by molar-refractivity contribution is -0.384. The summed E-state index contributed by atoms with van der Waals surface area (Å²) >= 11 is 0. The van der Waals surface area contributed by atoms with Crippen molar-refractivity contribution in [2.45, 2.75) is 0 Å². The second-order valence-electron chi connectivity index (χ2n) is 3.65. The Balaban J connectivity index is 2.49. The van der Waals surface area contributed by atoms with Gasteiger partial charge in [-0.05, 0) is 23.3 Å². The lowest BCUT2D eigenvalue weighted by Gasteiger charge is -2.03. The highest BCUT2D eigenvalue weighted by Gasteiger charge is 2.08. The van der Waals surface area contributed by atoms with Gasteiger partial charge in [-0.15, -0.1) is 0 Å². The zero-order chi connectivity index (χ0) is 13.1. The summed E-state index contributed by atoms with van der Waals surface area (Å²) in [6.45, 7) is 0. The molecular formula is C13H8N2O3. The van der Waals surface area contributed by atoms with E-state index < -0.39 is 4.92 Å². The first-order valence-corrected chi connectivity index (χ1v) is 5.10. The van der Waals surface area contributed by atoms with Gasteiger partial charge >= 0.3 is 0 Å². The predicted molar refractivity (Wildman–Crippen MR) is 64.9 cm³/mol. The van der Waals surface area contributed by atoms with Crippen LogP contribution < -0.4 is 0 Å². The number of nitrogens with zero attached hydrogens (tertiary/aromatic N) is 2. The number of hydrogen-bond acceptors (Lipinski definition) is 4. The van der Waals surface area contributed by atoms with Crippen LogP contribution in [0, 0.1) is 21.4 Å². The van der Waals surface area contributed by atoms with Crippen molar-refractivity contribution in [3.63, 3.8) is 0 Å². The monoisotopic (exact) mass is 240 g/mol. The van der Waals surface area contributed by atoms with Crippen LogP contribution in [-0.4, -0.2) is 10.0 Å². The average molecular weight is 240 g/mol. The first kappa shape index (κ1) is 11.6. The van der Waals surface area contributed by atoms with Crippen LogP contribution in [0.1, 0.15) is 5.56 Å². The molecule has 0 atom stereocenters. The van der Waals surface area contributed by atoms with E-state index in [1.54, 1.807) is 18.2 Å². The van der Waals surface area contributed by atoms with E-state index in [0.29, 0.717) is 11.1 Å². The summed E-state index contributed by atoms with van der Waals surface area (Å²) < 4.78 is 0. The van der Waals surface area contributed by atoms with E-state index in [9.17, 15) is 15.2 Å². The minimum atomic E-state index is -0.479. The lowest BCUT2D eigenvalue weighted by Crippen LogP contribution is -1.88. The van der Waals surface area contributed by atoms with Crippen molar-refractivity contribution in [3.05, 3.63) is 58.1 Å². The molecule has 0 unspecified atom stereocenters. The smallest absolute Gasteiger partial charge is 0.270 e. The van der Waals surface area contributed by atoms with Crippen LogP contribution in [0.25, 0.3) is 11.1 Å². The Hall–Kier alpha value is -2.87. The van der Waals surface area contributed by atoms with Crippen LogP contribution >= 0.6 is 0 Å². The largest absolute Gasteiger partial charge is 0.507 e. The normalized spacial score (nSPS) is 9.72. The molecule has 1 N–H and O–H groups in total. The first-order valence-electron chi connectivity index (χ1n) is 5.10. The number of phenols is 1. The minimum absolute atomic E-state index is 0.0173. The van der Waals surface area contributed by atoms with E-state index in [1.165, 1.54) is 24.3 Å². The molecule has 18 heavy (non-hydrogen) atoms. The van der Waals surface area contributed by atoms with Crippen molar-refractivity contribution in [2.24, 2.45) is 0 Å². The van der Waals surface area contributed by atoms with Gasteiger partial charge in [-0.3, -0.25) is 10.1 Å². The third-order valence-corrected chi connectivity index (χ3v) is 2.51. The SMILES string of the molecule is N#Cc1ccc(-c2cccc([N+](=O)[O-])c2)cc1O. The lowest BCUT2D eigenvalue weighted by atomic mass is 10.0.